The van der Waals surface area contributed by atoms with Crippen molar-refractivity contribution in [1.82, 2.24) is 10.3 Å². The third-order valence-corrected chi connectivity index (χ3v) is 4.84. The highest BCUT2D eigenvalue weighted by Crippen LogP contribution is 2.25. The summed E-state index contributed by atoms with van der Waals surface area (Å²) in [6.45, 7) is 3.39. The largest absolute Gasteiger partial charge is 0.465 e. The van der Waals surface area contributed by atoms with Gasteiger partial charge in [0.05, 0.1) is 19.2 Å². The topological polar surface area (TPSA) is 97.4 Å². The molecule has 0 fully saturated rings. The number of amides is 2. The number of benzene rings is 1. The van der Waals surface area contributed by atoms with Crippen molar-refractivity contribution in [2.45, 2.75) is 39.2 Å². The molecule has 0 aliphatic rings. The second-order valence-electron chi connectivity index (χ2n) is 6.27. The summed E-state index contributed by atoms with van der Waals surface area (Å²) in [6, 6.07) is 1.88. The van der Waals surface area contributed by atoms with E-state index in [-0.39, 0.29) is 17.1 Å². The van der Waals surface area contributed by atoms with Gasteiger partial charge in [-0.25, -0.2) is 18.6 Å². The first-order chi connectivity index (χ1) is 13.7. The molecule has 0 saturated heterocycles. The SMILES string of the molecule is CCCc1nc(NC(=O)C(C)NC(=O)Cc2cc(F)cc(F)c2)sc1C(=O)OC. The van der Waals surface area contributed by atoms with Crippen molar-refractivity contribution in [2.24, 2.45) is 0 Å². The molecule has 0 aliphatic heterocycles. The first-order valence-electron chi connectivity index (χ1n) is 8.86. The van der Waals surface area contributed by atoms with Crippen LogP contribution in [0.3, 0.4) is 0 Å². The Morgan fingerprint density at radius 2 is 1.86 bits per heavy atom. The van der Waals surface area contributed by atoms with E-state index < -0.39 is 35.5 Å². The molecule has 0 radical (unpaired) electrons. The van der Waals surface area contributed by atoms with Gasteiger partial charge in [-0.2, -0.15) is 0 Å². The Bertz CT molecular complexity index is 897. The number of ether oxygens (including phenoxy) is 1. The van der Waals surface area contributed by atoms with E-state index in [1.54, 1.807) is 0 Å². The minimum Gasteiger partial charge on any atom is -0.465 e. The molecule has 2 rings (SSSR count). The zero-order valence-electron chi connectivity index (χ0n) is 16.2. The molecule has 10 heteroatoms. The van der Waals surface area contributed by atoms with Gasteiger partial charge in [0.25, 0.3) is 0 Å². The second kappa shape index (κ2) is 10.1. The molecule has 1 atom stereocenters. The van der Waals surface area contributed by atoms with Crippen LogP contribution in [0.15, 0.2) is 18.2 Å². The first kappa shape index (κ1) is 22.4. The number of anilines is 1. The lowest BCUT2D eigenvalue weighted by molar-refractivity contribution is -0.125. The van der Waals surface area contributed by atoms with Crippen LogP contribution in [-0.4, -0.2) is 35.9 Å². The number of halogens is 2. The summed E-state index contributed by atoms with van der Waals surface area (Å²) in [4.78, 5) is 40.8. The number of nitrogens with one attached hydrogen (secondary N) is 2. The van der Waals surface area contributed by atoms with Crippen molar-refractivity contribution in [3.8, 4) is 0 Å². The van der Waals surface area contributed by atoms with Gasteiger partial charge in [-0.3, -0.25) is 9.59 Å². The van der Waals surface area contributed by atoms with Crippen molar-refractivity contribution < 1.29 is 27.9 Å². The van der Waals surface area contributed by atoms with E-state index in [1.807, 2.05) is 6.92 Å². The molecule has 156 valence electrons. The third-order valence-electron chi connectivity index (χ3n) is 3.84. The number of carbonyl (C=O) groups is 3. The molecule has 1 aromatic heterocycles. The fourth-order valence-corrected chi connectivity index (χ4v) is 3.47. The number of aromatic nitrogens is 1. The number of hydrogen-bond donors (Lipinski definition) is 2. The van der Waals surface area contributed by atoms with Crippen molar-refractivity contribution >= 4 is 34.3 Å². The molecular formula is C19H21F2N3O4S. The van der Waals surface area contributed by atoms with Crippen LogP contribution in [-0.2, 0) is 27.2 Å². The summed E-state index contributed by atoms with van der Waals surface area (Å²) < 4.78 is 31.1. The van der Waals surface area contributed by atoms with Gasteiger partial charge < -0.3 is 15.4 Å². The van der Waals surface area contributed by atoms with Gasteiger partial charge in [0, 0.05) is 6.07 Å². The van der Waals surface area contributed by atoms with Crippen LogP contribution >= 0.6 is 11.3 Å². The normalized spacial score (nSPS) is 11.6. The lowest BCUT2D eigenvalue weighted by atomic mass is 10.1. The maximum atomic E-state index is 13.2. The van der Waals surface area contributed by atoms with E-state index >= 15 is 0 Å². The number of methoxy groups -OCH3 is 1. The Labute approximate surface area is 170 Å². The van der Waals surface area contributed by atoms with Crippen molar-refractivity contribution in [2.75, 3.05) is 12.4 Å². The number of esters is 1. The predicted octanol–water partition coefficient (Wildman–Crippen LogP) is 2.85. The molecule has 0 bridgehead atoms. The fourth-order valence-electron chi connectivity index (χ4n) is 2.53. The Hall–Kier alpha value is -2.88. The lowest BCUT2D eigenvalue weighted by Crippen LogP contribution is -2.42. The van der Waals surface area contributed by atoms with Gasteiger partial charge in [-0.1, -0.05) is 24.7 Å². The summed E-state index contributed by atoms with van der Waals surface area (Å²) in [7, 11) is 1.26. The predicted molar refractivity (Wildman–Crippen MR) is 104 cm³/mol. The molecule has 2 N–H and O–H groups in total. The van der Waals surface area contributed by atoms with Crippen LogP contribution in [0.1, 0.15) is 41.2 Å². The smallest absolute Gasteiger partial charge is 0.350 e. The third kappa shape index (κ3) is 6.31. The number of thiazole rings is 1. The van der Waals surface area contributed by atoms with Crippen LogP contribution in [0.4, 0.5) is 13.9 Å². The first-order valence-corrected chi connectivity index (χ1v) is 9.68. The van der Waals surface area contributed by atoms with E-state index in [4.69, 9.17) is 4.74 Å². The quantitative estimate of drug-likeness (QED) is 0.634. The highest BCUT2D eigenvalue weighted by molar-refractivity contribution is 7.17. The number of nitrogens with zero attached hydrogens (tertiary/aromatic N) is 1. The molecule has 2 amide bonds. The molecule has 1 aromatic carbocycles. The van der Waals surface area contributed by atoms with E-state index in [0.717, 1.165) is 29.9 Å². The van der Waals surface area contributed by atoms with Gasteiger partial charge in [-0.05, 0) is 31.0 Å². The average Bonchev–Trinajstić information content (AvgIpc) is 3.02. The fraction of sp³-hybridized carbons (Fsp3) is 0.368. The Balaban J connectivity index is 1.99. The summed E-state index contributed by atoms with van der Waals surface area (Å²) in [5.41, 5.74) is 0.684. The monoisotopic (exact) mass is 425 g/mol. The number of aryl methyl sites for hydroxylation is 1. The summed E-state index contributed by atoms with van der Waals surface area (Å²) in [6.07, 6.45) is 1.03. The Morgan fingerprint density at radius 3 is 2.45 bits per heavy atom. The van der Waals surface area contributed by atoms with E-state index in [2.05, 4.69) is 15.6 Å². The minimum atomic E-state index is -0.930. The highest BCUT2D eigenvalue weighted by atomic mass is 32.1. The maximum Gasteiger partial charge on any atom is 0.350 e. The number of hydrogen-bond acceptors (Lipinski definition) is 6. The van der Waals surface area contributed by atoms with Gasteiger partial charge >= 0.3 is 5.97 Å². The molecule has 29 heavy (non-hydrogen) atoms. The zero-order valence-corrected chi connectivity index (χ0v) is 17.0. The van der Waals surface area contributed by atoms with E-state index in [1.165, 1.54) is 14.0 Å². The Morgan fingerprint density at radius 1 is 1.21 bits per heavy atom. The van der Waals surface area contributed by atoms with E-state index in [9.17, 15) is 23.2 Å². The molecule has 0 aliphatic carbocycles. The van der Waals surface area contributed by atoms with E-state index in [0.29, 0.717) is 23.1 Å². The number of carbonyl (C=O) groups excluding carboxylic acids is 3. The van der Waals surface area contributed by atoms with Gasteiger partial charge in [0.2, 0.25) is 11.8 Å². The van der Waals surface area contributed by atoms with Crippen molar-refractivity contribution in [1.29, 1.82) is 0 Å². The standard InChI is InChI=1S/C19H21F2N3O4S/c1-4-5-14-16(18(27)28-3)29-19(23-14)24-17(26)10(2)22-15(25)8-11-6-12(20)9-13(21)7-11/h6-7,9-10H,4-5,8H2,1-3H3,(H,22,25)(H,23,24,26). The molecule has 7 nitrogen and oxygen atoms in total. The molecule has 1 unspecified atom stereocenters. The molecule has 2 aromatic rings. The average molecular weight is 425 g/mol. The van der Waals surface area contributed by atoms with Crippen LogP contribution < -0.4 is 10.6 Å². The summed E-state index contributed by atoms with van der Waals surface area (Å²) in [5, 5.41) is 5.23. The van der Waals surface area contributed by atoms with Gasteiger partial charge in [-0.15, -0.1) is 0 Å². The van der Waals surface area contributed by atoms with Crippen molar-refractivity contribution in [3.05, 3.63) is 46.0 Å². The van der Waals surface area contributed by atoms with Crippen LogP contribution in [0.5, 0.6) is 0 Å². The number of rotatable bonds is 8. The van der Waals surface area contributed by atoms with Crippen LogP contribution in [0.2, 0.25) is 0 Å². The van der Waals surface area contributed by atoms with Gasteiger partial charge in [0.1, 0.15) is 22.6 Å². The molecular weight excluding hydrogens is 404 g/mol. The molecule has 0 saturated carbocycles. The highest BCUT2D eigenvalue weighted by Gasteiger charge is 2.22. The van der Waals surface area contributed by atoms with Crippen LogP contribution in [0, 0.1) is 11.6 Å². The molecule has 0 spiro atoms. The van der Waals surface area contributed by atoms with Gasteiger partial charge in [0.15, 0.2) is 5.13 Å². The van der Waals surface area contributed by atoms with Crippen LogP contribution in [0.25, 0.3) is 0 Å². The maximum absolute atomic E-state index is 13.2. The second-order valence-corrected chi connectivity index (χ2v) is 7.27. The minimum absolute atomic E-state index is 0.152. The zero-order chi connectivity index (χ0) is 21.6. The molecule has 1 heterocycles. The van der Waals surface area contributed by atoms with Crippen molar-refractivity contribution in [3.63, 3.8) is 0 Å². The summed E-state index contributed by atoms with van der Waals surface area (Å²) >= 11 is 0.989. The Kier molecular flexibility index (Phi) is 7.77. The lowest BCUT2D eigenvalue weighted by Gasteiger charge is -2.13. The summed E-state index contributed by atoms with van der Waals surface area (Å²) in [5.74, 6) is -3.22.